The predicted octanol–water partition coefficient (Wildman–Crippen LogP) is 2.24. The van der Waals surface area contributed by atoms with Crippen molar-refractivity contribution in [3.63, 3.8) is 0 Å². The summed E-state index contributed by atoms with van der Waals surface area (Å²) in [5, 5.41) is 0. The second kappa shape index (κ2) is 3.81. The standard InChI is InChI=1S/C8H14OS/c1-5(2)8(9)6(3)7(4)10/h5-6H,1-4H3. The van der Waals surface area contributed by atoms with Crippen molar-refractivity contribution < 1.29 is 4.79 Å². The Hall–Kier alpha value is -0.240. The van der Waals surface area contributed by atoms with E-state index in [-0.39, 0.29) is 17.6 Å². The number of thiocarbonyl (C=S) groups is 1. The summed E-state index contributed by atoms with van der Waals surface area (Å²) in [6, 6.07) is 0. The van der Waals surface area contributed by atoms with Crippen LogP contribution < -0.4 is 0 Å². The van der Waals surface area contributed by atoms with Crippen molar-refractivity contribution in [2.24, 2.45) is 11.8 Å². The monoisotopic (exact) mass is 158 g/mol. The second-order valence-corrected chi connectivity index (χ2v) is 3.53. The molecular weight excluding hydrogens is 144 g/mol. The van der Waals surface area contributed by atoms with E-state index in [0.717, 1.165) is 4.86 Å². The molecule has 58 valence electrons. The molecule has 0 amide bonds. The first kappa shape index (κ1) is 9.76. The Morgan fingerprint density at radius 2 is 1.70 bits per heavy atom. The minimum absolute atomic E-state index is 0.0463. The zero-order valence-electron chi connectivity index (χ0n) is 6.97. The molecule has 1 nitrogen and oxygen atoms in total. The van der Waals surface area contributed by atoms with Gasteiger partial charge in [0, 0.05) is 11.8 Å². The summed E-state index contributed by atoms with van der Waals surface area (Å²) in [5.41, 5.74) is 0. The molecule has 1 unspecified atom stereocenters. The Kier molecular flexibility index (Phi) is 3.72. The van der Waals surface area contributed by atoms with Crippen LogP contribution in [0.3, 0.4) is 0 Å². The maximum Gasteiger partial charge on any atom is 0.143 e. The van der Waals surface area contributed by atoms with Crippen molar-refractivity contribution in [2.75, 3.05) is 0 Å². The van der Waals surface area contributed by atoms with E-state index in [1.165, 1.54) is 0 Å². The van der Waals surface area contributed by atoms with Crippen molar-refractivity contribution >= 4 is 22.9 Å². The SMILES string of the molecule is CC(=S)C(C)C(=O)C(C)C. The average molecular weight is 158 g/mol. The third-order valence-corrected chi connectivity index (χ3v) is 1.96. The quantitative estimate of drug-likeness (QED) is 0.586. The van der Waals surface area contributed by atoms with Crippen molar-refractivity contribution in [1.82, 2.24) is 0 Å². The first-order valence-electron chi connectivity index (χ1n) is 3.51. The summed E-state index contributed by atoms with van der Waals surface area (Å²) in [7, 11) is 0. The zero-order chi connectivity index (χ0) is 8.31. The highest BCUT2D eigenvalue weighted by Gasteiger charge is 2.17. The predicted molar refractivity (Wildman–Crippen MR) is 47.3 cm³/mol. The molecule has 0 saturated heterocycles. The van der Waals surface area contributed by atoms with Gasteiger partial charge in [0.25, 0.3) is 0 Å². The van der Waals surface area contributed by atoms with Gasteiger partial charge >= 0.3 is 0 Å². The van der Waals surface area contributed by atoms with Crippen LogP contribution in [0.15, 0.2) is 0 Å². The van der Waals surface area contributed by atoms with E-state index in [4.69, 9.17) is 12.2 Å². The lowest BCUT2D eigenvalue weighted by molar-refractivity contribution is -0.123. The maximum absolute atomic E-state index is 11.2. The van der Waals surface area contributed by atoms with Gasteiger partial charge in [0.05, 0.1) is 0 Å². The summed E-state index contributed by atoms with van der Waals surface area (Å²) in [6.07, 6.45) is 0. The number of ketones is 1. The van der Waals surface area contributed by atoms with Crippen molar-refractivity contribution in [1.29, 1.82) is 0 Å². The first-order chi connectivity index (χ1) is 4.46. The number of Topliss-reactive ketones (excluding diaryl/α,β-unsaturated/α-hetero) is 1. The Labute approximate surface area is 67.8 Å². The fourth-order valence-electron chi connectivity index (χ4n) is 0.700. The molecule has 0 saturated carbocycles. The number of carbonyl (C=O) groups is 1. The molecule has 2 heteroatoms. The van der Waals surface area contributed by atoms with E-state index >= 15 is 0 Å². The van der Waals surface area contributed by atoms with E-state index in [2.05, 4.69) is 0 Å². The van der Waals surface area contributed by atoms with Gasteiger partial charge in [-0.05, 0) is 11.8 Å². The molecule has 0 aromatic heterocycles. The third-order valence-electron chi connectivity index (χ3n) is 1.61. The van der Waals surface area contributed by atoms with Crippen molar-refractivity contribution in [3.05, 3.63) is 0 Å². The topological polar surface area (TPSA) is 17.1 Å². The summed E-state index contributed by atoms with van der Waals surface area (Å²) < 4.78 is 0. The van der Waals surface area contributed by atoms with Crippen LogP contribution in [0.25, 0.3) is 0 Å². The molecule has 0 aliphatic rings. The fraction of sp³-hybridized carbons (Fsp3) is 0.750. The largest absolute Gasteiger partial charge is 0.299 e. The normalized spacial score (nSPS) is 13.3. The maximum atomic E-state index is 11.2. The molecule has 0 aliphatic carbocycles. The third kappa shape index (κ3) is 2.56. The zero-order valence-corrected chi connectivity index (χ0v) is 7.79. The average Bonchev–Trinajstić information content (AvgIpc) is 1.84. The minimum atomic E-state index is -0.0463. The van der Waals surface area contributed by atoms with E-state index in [1.54, 1.807) is 0 Å². The Morgan fingerprint density at radius 3 is 1.80 bits per heavy atom. The van der Waals surface area contributed by atoms with Crippen LogP contribution in [0.1, 0.15) is 27.7 Å². The molecule has 10 heavy (non-hydrogen) atoms. The summed E-state index contributed by atoms with van der Waals surface area (Å²) in [5.74, 6) is 0.301. The van der Waals surface area contributed by atoms with E-state index < -0.39 is 0 Å². The van der Waals surface area contributed by atoms with Crippen LogP contribution in [0.5, 0.6) is 0 Å². The minimum Gasteiger partial charge on any atom is -0.299 e. The highest BCUT2D eigenvalue weighted by Crippen LogP contribution is 2.07. The Morgan fingerprint density at radius 1 is 1.30 bits per heavy atom. The molecule has 0 N–H and O–H groups in total. The summed E-state index contributed by atoms with van der Waals surface area (Å²) >= 11 is 4.89. The van der Waals surface area contributed by atoms with Crippen molar-refractivity contribution in [2.45, 2.75) is 27.7 Å². The number of rotatable bonds is 3. The van der Waals surface area contributed by atoms with Crippen LogP contribution in [0.4, 0.5) is 0 Å². The highest BCUT2D eigenvalue weighted by molar-refractivity contribution is 7.80. The Bertz CT molecular complexity index is 149. The van der Waals surface area contributed by atoms with Gasteiger partial charge < -0.3 is 0 Å². The number of hydrogen-bond acceptors (Lipinski definition) is 2. The van der Waals surface area contributed by atoms with E-state index in [0.29, 0.717) is 0 Å². The lowest BCUT2D eigenvalue weighted by atomic mass is 9.95. The van der Waals surface area contributed by atoms with Crippen LogP contribution in [0, 0.1) is 11.8 Å². The van der Waals surface area contributed by atoms with Gasteiger partial charge in [-0.3, -0.25) is 4.79 Å². The van der Waals surface area contributed by atoms with Crippen LogP contribution in [-0.4, -0.2) is 10.6 Å². The lowest BCUT2D eigenvalue weighted by Gasteiger charge is -2.10. The smallest absolute Gasteiger partial charge is 0.143 e. The Balaban J connectivity index is 4.08. The number of hydrogen-bond donors (Lipinski definition) is 0. The van der Waals surface area contributed by atoms with Gasteiger partial charge in [0.2, 0.25) is 0 Å². The molecule has 1 atom stereocenters. The van der Waals surface area contributed by atoms with Crippen molar-refractivity contribution in [3.8, 4) is 0 Å². The van der Waals surface area contributed by atoms with Gasteiger partial charge in [-0.15, -0.1) is 0 Å². The molecule has 0 aromatic carbocycles. The molecule has 0 aliphatic heterocycles. The van der Waals surface area contributed by atoms with Gasteiger partial charge in [-0.2, -0.15) is 0 Å². The van der Waals surface area contributed by atoms with E-state index in [1.807, 2.05) is 27.7 Å². The summed E-state index contributed by atoms with van der Waals surface area (Å²) in [4.78, 5) is 12.0. The highest BCUT2D eigenvalue weighted by atomic mass is 32.1. The molecule has 0 fully saturated rings. The van der Waals surface area contributed by atoms with Gasteiger partial charge in [-0.1, -0.05) is 33.0 Å². The number of carbonyl (C=O) groups excluding carboxylic acids is 1. The van der Waals surface area contributed by atoms with Crippen LogP contribution in [-0.2, 0) is 4.79 Å². The van der Waals surface area contributed by atoms with Gasteiger partial charge in [0.15, 0.2) is 0 Å². The second-order valence-electron chi connectivity index (χ2n) is 2.89. The van der Waals surface area contributed by atoms with E-state index in [9.17, 15) is 4.79 Å². The molecule has 0 radical (unpaired) electrons. The lowest BCUT2D eigenvalue weighted by Crippen LogP contribution is -2.21. The van der Waals surface area contributed by atoms with Gasteiger partial charge in [-0.25, -0.2) is 0 Å². The molecule has 0 rings (SSSR count). The van der Waals surface area contributed by atoms with Crippen LogP contribution >= 0.6 is 12.2 Å². The molecule has 0 aromatic rings. The first-order valence-corrected chi connectivity index (χ1v) is 3.91. The van der Waals surface area contributed by atoms with Crippen LogP contribution in [0.2, 0.25) is 0 Å². The van der Waals surface area contributed by atoms with Gasteiger partial charge in [0.1, 0.15) is 5.78 Å². The fourth-order valence-corrected chi connectivity index (χ4v) is 0.816. The molecule has 0 heterocycles. The molecule has 0 spiro atoms. The summed E-state index contributed by atoms with van der Waals surface area (Å²) in [6.45, 7) is 7.49. The molecule has 0 bridgehead atoms. The molecular formula is C8H14OS.